The van der Waals surface area contributed by atoms with E-state index in [1.165, 1.54) is 29.7 Å². The summed E-state index contributed by atoms with van der Waals surface area (Å²) in [6, 6.07) is 7.63. The molecule has 13 nitrogen and oxygen atoms in total. The van der Waals surface area contributed by atoms with Crippen molar-refractivity contribution in [3.05, 3.63) is 42.7 Å². The van der Waals surface area contributed by atoms with Crippen LogP contribution in [0.1, 0.15) is 19.3 Å². The van der Waals surface area contributed by atoms with Crippen molar-refractivity contribution < 1.29 is 31.4 Å². The number of hydrogen-bond donors (Lipinski definition) is 4. The molecule has 2 aromatic heterocycles. The molecule has 0 aliphatic carbocycles. The number of nitrogens with one attached hydrogen (secondary N) is 3. The average molecular weight is 581 g/mol. The Morgan fingerprint density at radius 2 is 2.00 bits per heavy atom. The standard InChI is InChI=1S/C24H32N6O7S2/c1-25-38(32,33)20-4-2-3-19(9-20)36-16-18(31)12-26-17-11-24(37-15-17)5-7-30(8-6-24)39(34,35)21-10-22-23(27-13-21)14-28-29-22/h2-4,9-10,13-14,17-18,25-26,31H,5-8,11-12,15-16H2,1H3,(H,28,29). The maximum absolute atomic E-state index is 13.2. The van der Waals surface area contributed by atoms with Crippen molar-refractivity contribution in [1.82, 2.24) is 29.5 Å². The number of H-pyrrole nitrogens is 1. The molecule has 15 heteroatoms. The minimum Gasteiger partial charge on any atom is -0.491 e. The molecule has 2 saturated heterocycles. The van der Waals surface area contributed by atoms with E-state index in [1.54, 1.807) is 24.4 Å². The zero-order valence-electron chi connectivity index (χ0n) is 21.4. The van der Waals surface area contributed by atoms with Crippen LogP contribution in [-0.4, -0.2) is 99.1 Å². The van der Waals surface area contributed by atoms with Crippen molar-refractivity contribution in [2.45, 2.75) is 46.8 Å². The number of aromatic amines is 1. The molecule has 2 aliphatic rings. The summed E-state index contributed by atoms with van der Waals surface area (Å²) in [6.07, 6.45) is 3.94. The van der Waals surface area contributed by atoms with Crippen LogP contribution in [0.4, 0.5) is 0 Å². The lowest BCUT2D eigenvalue weighted by atomic mass is 9.88. The number of piperidine rings is 1. The summed E-state index contributed by atoms with van der Waals surface area (Å²) in [5, 5.41) is 20.3. The third kappa shape index (κ3) is 6.09. The molecule has 4 heterocycles. The first kappa shape index (κ1) is 27.9. The number of rotatable bonds is 10. The van der Waals surface area contributed by atoms with Crippen LogP contribution in [0.15, 0.2) is 52.5 Å². The van der Waals surface area contributed by atoms with Gasteiger partial charge in [0.15, 0.2) is 0 Å². The van der Waals surface area contributed by atoms with E-state index in [2.05, 4.69) is 25.2 Å². The number of benzene rings is 1. The third-order valence-corrected chi connectivity index (χ3v) is 10.5. The molecule has 4 N–H and O–H groups in total. The summed E-state index contributed by atoms with van der Waals surface area (Å²) in [7, 11) is -5.94. The zero-order valence-corrected chi connectivity index (χ0v) is 23.0. The van der Waals surface area contributed by atoms with E-state index >= 15 is 0 Å². The number of nitrogens with zero attached hydrogens (tertiary/aromatic N) is 3. The highest BCUT2D eigenvalue weighted by Crippen LogP contribution is 2.37. The van der Waals surface area contributed by atoms with Crippen LogP contribution in [0.3, 0.4) is 0 Å². The molecule has 2 atom stereocenters. The van der Waals surface area contributed by atoms with Crippen LogP contribution >= 0.6 is 0 Å². The van der Waals surface area contributed by atoms with Crippen molar-refractivity contribution >= 4 is 31.1 Å². The van der Waals surface area contributed by atoms with Gasteiger partial charge in [-0.1, -0.05) is 6.07 Å². The third-order valence-electron chi connectivity index (χ3n) is 7.21. The maximum atomic E-state index is 13.2. The van der Waals surface area contributed by atoms with E-state index in [-0.39, 0.29) is 29.0 Å². The lowest BCUT2D eigenvalue weighted by Gasteiger charge is -2.38. The van der Waals surface area contributed by atoms with Crippen molar-refractivity contribution in [3.8, 4) is 5.75 Å². The number of hydrogen-bond acceptors (Lipinski definition) is 10. The van der Waals surface area contributed by atoms with Gasteiger partial charge < -0.3 is 19.9 Å². The fourth-order valence-corrected chi connectivity index (χ4v) is 7.14. The largest absolute Gasteiger partial charge is 0.491 e. The Morgan fingerprint density at radius 3 is 2.77 bits per heavy atom. The van der Waals surface area contributed by atoms with Crippen LogP contribution < -0.4 is 14.8 Å². The Labute approximate surface area is 227 Å². The summed E-state index contributed by atoms with van der Waals surface area (Å²) in [4.78, 5) is 4.39. The molecule has 2 unspecified atom stereocenters. The molecule has 39 heavy (non-hydrogen) atoms. The first-order valence-electron chi connectivity index (χ1n) is 12.6. The van der Waals surface area contributed by atoms with Crippen molar-refractivity contribution in [3.63, 3.8) is 0 Å². The van der Waals surface area contributed by atoms with Crippen molar-refractivity contribution in [2.75, 3.05) is 39.9 Å². The van der Waals surface area contributed by atoms with Gasteiger partial charge in [0.2, 0.25) is 20.0 Å². The van der Waals surface area contributed by atoms with E-state index in [0.717, 1.165) is 0 Å². The molecule has 5 rings (SSSR count). The monoisotopic (exact) mass is 580 g/mol. The Balaban J connectivity index is 1.08. The first-order valence-corrected chi connectivity index (χ1v) is 15.5. The smallest absolute Gasteiger partial charge is 0.244 e. The molecule has 0 bridgehead atoms. The molecule has 1 aromatic carbocycles. The molecule has 2 fully saturated rings. The van der Waals surface area contributed by atoms with E-state index in [9.17, 15) is 21.9 Å². The molecular weight excluding hydrogens is 548 g/mol. The maximum Gasteiger partial charge on any atom is 0.244 e. The van der Waals surface area contributed by atoms with E-state index < -0.39 is 31.8 Å². The number of pyridine rings is 1. The van der Waals surface area contributed by atoms with Gasteiger partial charge in [-0.15, -0.1) is 0 Å². The van der Waals surface area contributed by atoms with E-state index in [1.807, 2.05) is 0 Å². The highest BCUT2D eigenvalue weighted by Gasteiger charge is 2.44. The molecule has 0 saturated carbocycles. The zero-order chi connectivity index (χ0) is 27.7. The second kappa shape index (κ2) is 11.1. The van der Waals surface area contributed by atoms with Gasteiger partial charge in [0.25, 0.3) is 0 Å². The van der Waals surface area contributed by atoms with Gasteiger partial charge in [-0.05, 0) is 44.5 Å². The second-order valence-corrected chi connectivity index (χ2v) is 13.7. The first-order chi connectivity index (χ1) is 18.6. The van der Waals surface area contributed by atoms with Crippen molar-refractivity contribution in [2.24, 2.45) is 0 Å². The van der Waals surface area contributed by atoms with Crippen LogP contribution in [0.2, 0.25) is 0 Å². The Hall–Kier alpha value is -2.66. The van der Waals surface area contributed by atoms with Gasteiger partial charge in [0.1, 0.15) is 28.9 Å². The average Bonchev–Trinajstić information content (AvgIpc) is 3.58. The summed E-state index contributed by atoms with van der Waals surface area (Å²) in [5.41, 5.74) is 0.770. The normalized spacial score (nSPS) is 20.9. The van der Waals surface area contributed by atoms with Crippen LogP contribution in [0, 0.1) is 0 Å². The van der Waals surface area contributed by atoms with Gasteiger partial charge in [0, 0.05) is 37.9 Å². The van der Waals surface area contributed by atoms with E-state index in [4.69, 9.17) is 9.47 Å². The predicted molar refractivity (Wildman–Crippen MR) is 141 cm³/mol. The van der Waals surface area contributed by atoms with E-state index in [0.29, 0.717) is 55.7 Å². The van der Waals surface area contributed by atoms with Crippen LogP contribution in [-0.2, 0) is 24.8 Å². The molecular formula is C24H32N6O7S2. The Bertz CT molecular complexity index is 1520. The topological polar surface area (TPSA) is 176 Å². The highest BCUT2D eigenvalue weighted by molar-refractivity contribution is 7.89. The Morgan fingerprint density at radius 1 is 1.21 bits per heavy atom. The number of aliphatic hydroxyl groups excluding tert-OH is 1. The molecule has 3 aromatic rings. The predicted octanol–water partition coefficient (Wildman–Crippen LogP) is 0.208. The SMILES string of the molecule is CNS(=O)(=O)c1cccc(OCC(O)CNC2COC3(CCN(S(=O)(=O)c4cnc5cn[nH]c5c4)CC3)C2)c1. The summed E-state index contributed by atoms with van der Waals surface area (Å²) in [5.74, 6) is 0.343. The van der Waals surface area contributed by atoms with Gasteiger partial charge in [-0.2, -0.15) is 9.40 Å². The number of fused-ring (bicyclic) bond motifs is 1. The van der Waals surface area contributed by atoms with Gasteiger partial charge in [-0.25, -0.2) is 21.6 Å². The summed E-state index contributed by atoms with van der Waals surface area (Å²) < 4.78 is 65.7. The molecule has 0 radical (unpaired) electrons. The molecule has 0 amide bonds. The van der Waals surface area contributed by atoms with Crippen LogP contribution in [0.25, 0.3) is 11.0 Å². The number of ether oxygens (including phenoxy) is 2. The van der Waals surface area contributed by atoms with Gasteiger partial charge in [0.05, 0.1) is 28.8 Å². The summed E-state index contributed by atoms with van der Waals surface area (Å²) >= 11 is 0. The van der Waals surface area contributed by atoms with Crippen molar-refractivity contribution in [1.29, 1.82) is 0 Å². The summed E-state index contributed by atoms with van der Waals surface area (Å²) in [6.45, 7) is 1.40. The number of sulfonamides is 2. The minimum atomic E-state index is -3.69. The highest BCUT2D eigenvalue weighted by atomic mass is 32.2. The Kier molecular flexibility index (Phi) is 7.92. The van der Waals surface area contributed by atoms with Gasteiger partial charge >= 0.3 is 0 Å². The lowest BCUT2D eigenvalue weighted by molar-refractivity contribution is -0.0312. The quantitative estimate of drug-likeness (QED) is 0.259. The van der Waals surface area contributed by atoms with Crippen LogP contribution in [0.5, 0.6) is 5.75 Å². The lowest BCUT2D eigenvalue weighted by Crippen LogP contribution is -2.47. The molecule has 1 spiro atoms. The fourth-order valence-electron chi connectivity index (χ4n) is 4.96. The molecule has 212 valence electrons. The minimum absolute atomic E-state index is 0.0129. The fraction of sp³-hybridized carbons (Fsp3) is 0.500. The number of aromatic nitrogens is 3. The second-order valence-electron chi connectivity index (χ2n) is 9.83. The van der Waals surface area contributed by atoms with Gasteiger partial charge in [-0.3, -0.25) is 10.1 Å². The molecule has 2 aliphatic heterocycles. The number of aliphatic hydroxyl groups is 1.